The number of ketones is 1. The Hall–Kier alpha value is -3.34. The molecule has 0 aliphatic carbocycles. The number of nitrogens with one attached hydrogen (secondary N) is 1. The molecule has 0 radical (unpaired) electrons. The van der Waals surface area contributed by atoms with Crippen LogP contribution in [0.25, 0.3) is 5.69 Å². The highest BCUT2D eigenvalue weighted by atomic mass is 16.5. The Morgan fingerprint density at radius 3 is 2.36 bits per heavy atom. The van der Waals surface area contributed by atoms with Crippen LogP contribution in [0, 0.1) is 20.8 Å². The Kier molecular flexibility index (Phi) is 5.64. The first-order valence-corrected chi connectivity index (χ1v) is 9.25. The van der Waals surface area contributed by atoms with E-state index in [0.717, 1.165) is 22.6 Å². The lowest BCUT2D eigenvalue weighted by atomic mass is 10.1. The summed E-state index contributed by atoms with van der Waals surface area (Å²) in [5, 5.41) is 2.66. The molecule has 0 saturated carbocycles. The second-order valence-corrected chi connectivity index (χ2v) is 6.70. The number of rotatable bonds is 6. The Bertz CT molecular complexity index is 1020. The smallest absolute Gasteiger partial charge is 0.296 e. The quantitative estimate of drug-likeness (QED) is 0.504. The average molecular weight is 376 g/mol. The molecular formula is C23H24N2O3. The van der Waals surface area contributed by atoms with Crippen molar-refractivity contribution in [3.63, 3.8) is 0 Å². The second kappa shape index (κ2) is 8.13. The summed E-state index contributed by atoms with van der Waals surface area (Å²) in [5.41, 5.74) is 4.71. The third-order valence-corrected chi connectivity index (χ3v) is 4.57. The van der Waals surface area contributed by atoms with E-state index in [1.807, 2.05) is 56.5 Å². The van der Waals surface area contributed by atoms with Gasteiger partial charge in [-0.2, -0.15) is 0 Å². The van der Waals surface area contributed by atoms with E-state index in [0.29, 0.717) is 23.6 Å². The van der Waals surface area contributed by atoms with E-state index in [4.69, 9.17) is 4.74 Å². The summed E-state index contributed by atoms with van der Waals surface area (Å²) in [6.07, 6.45) is 0. The third-order valence-electron chi connectivity index (χ3n) is 4.57. The summed E-state index contributed by atoms with van der Waals surface area (Å²) in [7, 11) is 0. The van der Waals surface area contributed by atoms with Crippen molar-refractivity contribution in [3.8, 4) is 11.4 Å². The molecule has 28 heavy (non-hydrogen) atoms. The van der Waals surface area contributed by atoms with Crippen LogP contribution in [0.15, 0.2) is 54.6 Å². The van der Waals surface area contributed by atoms with Crippen LogP contribution in [0.3, 0.4) is 0 Å². The summed E-state index contributed by atoms with van der Waals surface area (Å²) in [6, 6.07) is 16.7. The van der Waals surface area contributed by atoms with Gasteiger partial charge in [-0.15, -0.1) is 0 Å². The molecule has 2 aromatic carbocycles. The number of nitrogens with zero attached hydrogens (tertiary/aromatic N) is 1. The van der Waals surface area contributed by atoms with Gasteiger partial charge in [0.15, 0.2) is 0 Å². The van der Waals surface area contributed by atoms with E-state index in [-0.39, 0.29) is 0 Å². The lowest BCUT2D eigenvalue weighted by Crippen LogP contribution is -2.23. The second-order valence-electron chi connectivity index (χ2n) is 6.70. The molecule has 144 valence electrons. The highest BCUT2D eigenvalue weighted by molar-refractivity contribution is 6.46. The molecule has 3 rings (SSSR count). The number of carbonyl (C=O) groups excluding carboxylic acids is 2. The molecule has 0 aliphatic rings. The van der Waals surface area contributed by atoms with Gasteiger partial charge in [0.1, 0.15) is 5.75 Å². The number of hydrogen-bond donors (Lipinski definition) is 1. The number of ether oxygens (including phenoxy) is 1. The molecule has 1 heterocycles. The molecule has 1 amide bonds. The predicted octanol–water partition coefficient (Wildman–Crippen LogP) is 4.62. The molecule has 5 heteroatoms. The molecule has 3 aromatic rings. The van der Waals surface area contributed by atoms with E-state index >= 15 is 0 Å². The normalized spacial score (nSPS) is 10.6. The monoisotopic (exact) mass is 376 g/mol. The Morgan fingerprint density at radius 2 is 1.71 bits per heavy atom. The van der Waals surface area contributed by atoms with Crippen molar-refractivity contribution in [1.82, 2.24) is 4.57 Å². The van der Waals surface area contributed by atoms with Gasteiger partial charge in [0.25, 0.3) is 11.7 Å². The molecule has 5 nitrogen and oxygen atoms in total. The van der Waals surface area contributed by atoms with Gasteiger partial charge in [0, 0.05) is 28.3 Å². The number of aromatic nitrogens is 1. The van der Waals surface area contributed by atoms with Crippen LogP contribution in [-0.2, 0) is 4.79 Å². The van der Waals surface area contributed by atoms with Gasteiger partial charge in [0.2, 0.25) is 0 Å². The van der Waals surface area contributed by atoms with Crippen molar-refractivity contribution in [1.29, 1.82) is 0 Å². The van der Waals surface area contributed by atoms with Crippen LogP contribution in [0.2, 0.25) is 0 Å². The SMILES string of the molecule is CCOc1ccc(NC(=O)C(=O)c2cc(C)n(-c3cccc(C)c3)c2C)cc1. The van der Waals surface area contributed by atoms with Crippen LogP contribution in [-0.4, -0.2) is 22.9 Å². The third kappa shape index (κ3) is 3.98. The standard InChI is InChI=1S/C23H24N2O3/c1-5-28-20-11-9-18(10-12-20)24-23(27)22(26)21-14-16(3)25(17(21)4)19-8-6-7-15(2)13-19/h6-14H,5H2,1-4H3,(H,24,27). The zero-order chi connectivity index (χ0) is 20.3. The largest absolute Gasteiger partial charge is 0.494 e. The van der Waals surface area contributed by atoms with Crippen molar-refractivity contribution in [2.45, 2.75) is 27.7 Å². The maximum Gasteiger partial charge on any atom is 0.296 e. The summed E-state index contributed by atoms with van der Waals surface area (Å²) < 4.78 is 7.37. The Labute approximate surface area is 165 Å². The number of carbonyl (C=O) groups is 2. The van der Waals surface area contributed by atoms with E-state index in [1.165, 1.54) is 0 Å². The maximum absolute atomic E-state index is 12.8. The summed E-state index contributed by atoms with van der Waals surface area (Å²) in [4.78, 5) is 25.2. The van der Waals surface area contributed by atoms with Crippen LogP contribution in [0.5, 0.6) is 5.75 Å². The fourth-order valence-electron chi connectivity index (χ4n) is 3.27. The molecule has 0 atom stereocenters. The summed E-state index contributed by atoms with van der Waals surface area (Å²) >= 11 is 0. The fraction of sp³-hybridized carbons (Fsp3) is 0.217. The number of amides is 1. The van der Waals surface area contributed by atoms with Gasteiger partial charge in [-0.25, -0.2) is 0 Å². The minimum absolute atomic E-state index is 0.405. The van der Waals surface area contributed by atoms with Crippen LogP contribution >= 0.6 is 0 Å². The predicted molar refractivity (Wildman–Crippen MR) is 111 cm³/mol. The molecule has 0 fully saturated rings. The first-order valence-electron chi connectivity index (χ1n) is 9.25. The lowest BCUT2D eigenvalue weighted by Gasteiger charge is -2.11. The molecule has 0 unspecified atom stereocenters. The fourth-order valence-corrected chi connectivity index (χ4v) is 3.27. The van der Waals surface area contributed by atoms with E-state index in [2.05, 4.69) is 5.32 Å². The molecule has 1 N–H and O–H groups in total. The molecular weight excluding hydrogens is 352 g/mol. The minimum atomic E-state index is -0.659. The van der Waals surface area contributed by atoms with Gasteiger partial charge in [-0.1, -0.05) is 12.1 Å². The summed E-state index contributed by atoms with van der Waals surface area (Å²) in [5.74, 6) is -0.497. The zero-order valence-electron chi connectivity index (χ0n) is 16.6. The van der Waals surface area contributed by atoms with E-state index in [9.17, 15) is 9.59 Å². The number of aryl methyl sites for hydroxylation is 2. The van der Waals surface area contributed by atoms with Crippen molar-refractivity contribution < 1.29 is 14.3 Å². The zero-order valence-corrected chi connectivity index (χ0v) is 16.6. The first-order chi connectivity index (χ1) is 13.4. The average Bonchev–Trinajstić information content (AvgIpc) is 2.97. The summed E-state index contributed by atoms with van der Waals surface area (Å²) in [6.45, 7) is 8.28. The minimum Gasteiger partial charge on any atom is -0.494 e. The van der Waals surface area contributed by atoms with Crippen LogP contribution in [0.1, 0.15) is 34.2 Å². The van der Waals surface area contributed by atoms with Gasteiger partial charge in [0.05, 0.1) is 6.61 Å². The maximum atomic E-state index is 12.8. The van der Waals surface area contributed by atoms with Crippen molar-refractivity contribution in [2.75, 3.05) is 11.9 Å². The van der Waals surface area contributed by atoms with Crippen molar-refractivity contribution >= 4 is 17.4 Å². The molecule has 1 aromatic heterocycles. The van der Waals surface area contributed by atoms with E-state index < -0.39 is 11.7 Å². The number of hydrogen-bond acceptors (Lipinski definition) is 3. The van der Waals surface area contributed by atoms with Gasteiger partial charge in [-0.05, 0) is 75.7 Å². The molecule has 0 saturated heterocycles. The van der Waals surface area contributed by atoms with Crippen LogP contribution in [0.4, 0.5) is 5.69 Å². The number of Topliss-reactive ketones (excluding diaryl/α,β-unsaturated/α-hetero) is 1. The van der Waals surface area contributed by atoms with Crippen molar-refractivity contribution in [2.24, 2.45) is 0 Å². The van der Waals surface area contributed by atoms with Gasteiger partial charge in [-0.3, -0.25) is 9.59 Å². The number of anilines is 1. The first kappa shape index (κ1) is 19.4. The highest BCUT2D eigenvalue weighted by Gasteiger charge is 2.22. The molecule has 0 bridgehead atoms. The van der Waals surface area contributed by atoms with E-state index in [1.54, 1.807) is 30.3 Å². The topological polar surface area (TPSA) is 60.3 Å². The van der Waals surface area contributed by atoms with Gasteiger partial charge >= 0.3 is 0 Å². The molecule has 0 aliphatic heterocycles. The number of benzene rings is 2. The highest BCUT2D eigenvalue weighted by Crippen LogP contribution is 2.23. The van der Waals surface area contributed by atoms with Crippen molar-refractivity contribution in [3.05, 3.63) is 77.1 Å². The Balaban J connectivity index is 1.82. The van der Waals surface area contributed by atoms with Crippen LogP contribution < -0.4 is 10.1 Å². The Morgan fingerprint density at radius 1 is 1.00 bits per heavy atom. The molecule has 0 spiro atoms. The lowest BCUT2D eigenvalue weighted by molar-refractivity contribution is -0.112. The van der Waals surface area contributed by atoms with Gasteiger partial charge < -0.3 is 14.6 Å².